The summed E-state index contributed by atoms with van der Waals surface area (Å²) in [5, 5.41) is 3.15. The summed E-state index contributed by atoms with van der Waals surface area (Å²) in [5.74, 6) is 0.890. The first-order chi connectivity index (χ1) is 11.4. The number of nitrogens with one attached hydrogen (secondary N) is 1. The molecule has 1 N–H and O–H groups in total. The Morgan fingerprint density at radius 1 is 1.33 bits per heavy atom. The highest BCUT2D eigenvalue weighted by Gasteiger charge is 2.30. The second-order valence-corrected chi connectivity index (χ2v) is 6.07. The number of hydrogen-bond acceptors (Lipinski definition) is 4. The van der Waals surface area contributed by atoms with Crippen LogP contribution in [0.2, 0.25) is 5.02 Å². The van der Waals surface area contributed by atoms with E-state index in [0.29, 0.717) is 28.8 Å². The van der Waals surface area contributed by atoms with Crippen molar-refractivity contribution in [3.63, 3.8) is 0 Å². The van der Waals surface area contributed by atoms with Gasteiger partial charge < -0.3 is 14.5 Å². The first-order valence-corrected chi connectivity index (χ1v) is 7.93. The topological polar surface area (TPSA) is 71.8 Å². The van der Waals surface area contributed by atoms with Crippen molar-refractivity contribution in [2.75, 3.05) is 11.4 Å². The summed E-state index contributed by atoms with van der Waals surface area (Å²) < 4.78 is 11.3. The quantitative estimate of drug-likeness (QED) is 0.925. The average Bonchev–Trinajstić information content (AvgIpc) is 3.01. The average molecular weight is 349 g/mol. The summed E-state index contributed by atoms with van der Waals surface area (Å²) in [7, 11) is 0. The third-order valence-electron chi connectivity index (χ3n) is 3.61. The Bertz CT molecular complexity index is 787. The molecular formula is C17H17ClN2O4. The fraction of sp³-hybridized carbons (Fsp3) is 0.294. The first kappa shape index (κ1) is 16.4. The lowest BCUT2D eigenvalue weighted by Gasteiger charge is -2.33. The van der Waals surface area contributed by atoms with E-state index in [9.17, 15) is 9.59 Å². The number of hydrogen-bond donors (Lipinski definition) is 1. The lowest BCUT2D eigenvalue weighted by molar-refractivity contribution is -0.119. The van der Waals surface area contributed by atoms with Crippen molar-refractivity contribution in [2.24, 2.45) is 0 Å². The van der Waals surface area contributed by atoms with Gasteiger partial charge in [0.2, 0.25) is 5.91 Å². The van der Waals surface area contributed by atoms with Crippen LogP contribution in [0.25, 0.3) is 0 Å². The lowest BCUT2D eigenvalue weighted by Crippen LogP contribution is -2.42. The van der Waals surface area contributed by atoms with Crippen LogP contribution in [0.15, 0.2) is 34.7 Å². The fourth-order valence-corrected chi connectivity index (χ4v) is 2.70. The number of carbonyl (C=O) groups excluding carboxylic acids is 2. The summed E-state index contributed by atoms with van der Waals surface area (Å²) in [6.07, 6.45) is -0.142. The number of nitrogens with zero attached hydrogens (tertiary/aromatic N) is 1. The van der Waals surface area contributed by atoms with Gasteiger partial charge in [-0.05, 0) is 37.3 Å². The van der Waals surface area contributed by atoms with Crippen LogP contribution in [0.5, 0.6) is 5.75 Å². The number of halogens is 1. The Kier molecular flexibility index (Phi) is 4.49. The van der Waals surface area contributed by atoms with Crippen molar-refractivity contribution in [2.45, 2.75) is 26.5 Å². The number of furan rings is 1. The van der Waals surface area contributed by atoms with Gasteiger partial charge in [-0.3, -0.25) is 14.5 Å². The summed E-state index contributed by atoms with van der Waals surface area (Å²) in [4.78, 5) is 25.4. The summed E-state index contributed by atoms with van der Waals surface area (Å²) in [5.41, 5.74) is 0.616. The molecule has 2 aromatic rings. The highest BCUT2D eigenvalue weighted by molar-refractivity contribution is 6.31. The molecule has 0 fully saturated rings. The van der Waals surface area contributed by atoms with Gasteiger partial charge in [-0.2, -0.15) is 0 Å². The minimum absolute atomic E-state index is 0.142. The van der Waals surface area contributed by atoms with Crippen molar-refractivity contribution in [3.8, 4) is 5.75 Å². The molecule has 0 spiro atoms. The molecule has 0 unspecified atom stereocenters. The molecule has 0 aliphatic carbocycles. The minimum Gasteiger partial charge on any atom is -0.487 e. The molecule has 6 nitrogen and oxygen atoms in total. The van der Waals surface area contributed by atoms with Gasteiger partial charge in [0.1, 0.15) is 17.6 Å². The number of anilines is 1. The molecule has 3 rings (SSSR count). The molecule has 1 aliphatic rings. The van der Waals surface area contributed by atoms with Crippen LogP contribution in [-0.4, -0.2) is 24.5 Å². The van der Waals surface area contributed by atoms with Crippen LogP contribution in [0.1, 0.15) is 30.2 Å². The van der Waals surface area contributed by atoms with Gasteiger partial charge in [-0.1, -0.05) is 11.6 Å². The number of amides is 2. The highest BCUT2D eigenvalue weighted by atomic mass is 35.5. The summed E-state index contributed by atoms with van der Waals surface area (Å²) in [6, 6.07) is 8.44. The Labute approximate surface area is 144 Å². The number of carbonyl (C=O) groups is 2. The molecule has 0 saturated heterocycles. The van der Waals surface area contributed by atoms with E-state index in [0.717, 1.165) is 0 Å². The zero-order valence-corrected chi connectivity index (χ0v) is 14.1. The highest BCUT2D eigenvalue weighted by Crippen LogP contribution is 2.36. The van der Waals surface area contributed by atoms with E-state index < -0.39 is 0 Å². The largest absolute Gasteiger partial charge is 0.487 e. The third kappa shape index (κ3) is 3.38. The number of rotatable bonds is 3. The van der Waals surface area contributed by atoms with Crippen molar-refractivity contribution < 1.29 is 18.7 Å². The molecule has 1 aromatic carbocycles. The number of fused-ring (bicyclic) bond motifs is 1. The zero-order valence-electron chi connectivity index (χ0n) is 13.3. The SMILES string of the molecule is CC(=O)NCc1ccc(C(=O)N2C[C@@H](C)Oc3ccc(Cl)cc32)o1. The van der Waals surface area contributed by atoms with Crippen molar-refractivity contribution in [1.82, 2.24) is 5.32 Å². The Balaban J connectivity index is 1.85. The van der Waals surface area contributed by atoms with E-state index in [1.807, 2.05) is 6.92 Å². The zero-order chi connectivity index (χ0) is 17.3. The van der Waals surface area contributed by atoms with Gasteiger partial charge in [-0.15, -0.1) is 0 Å². The molecule has 24 heavy (non-hydrogen) atoms. The van der Waals surface area contributed by atoms with E-state index in [-0.39, 0.29) is 30.2 Å². The van der Waals surface area contributed by atoms with E-state index in [4.69, 9.17) is 20.8 Å². The fourth-order valence-electron chi connectivity index (χ4n) is 2.54. The predicted molar refractivity (Wildman–Crippen MR) is 89.4 cm³/mol. The van der Waals surface area contributed by atoms with Gasteiger partial charge in [0, 0.05) is 11.9 Å². The van der Waals surface area contributed by atoms with Crippen molar-refractivity contribution in [1.29, 1.82) is 0 Å². The normalized spacial score (nSPS) is 16.3. The lowest BCUT2D eigenvalue weighted by atomic mass is 10.2. The van der Waals surface area contributed by atoms with Crippen LogP contribution < -0.4 is 15.0 Å². The Hall–Kier alpha value is -2.47. The van der Waals surface area contributed by atoms with Crippen LogP contribution in [0, 0.1) is 0 Å². The Morgan fingerprint density at radius 3 is 2.88 bits per heavy atom. The van der Waals surface area contributed by atoms with Gasteiger partial charge in [0.25, 0.3) is 5.91 Å². The molecule has 0 bridgehead atoms. The smallest absolute Gasteiger partial charge is 0.294 e. The van der Waals surface area contributed by atoms with E-state index in [2.05, 4.69) is 5.32 Å². The maximum Gasteiger partial charge on any atom is 0.294 e. The second kappa shape index (κ2) is 6.57. The molecule has 2 amide bonds. The standard InChI is InChI=1S/C17H17ClN2O4/c1-10-9-20(14-7-12(18)3-5-15(14)23-10)17(22)16-6-4-13(24-16)8-19-11(2)21/h3-7,10H,8-9H2,1-2H3,(H,19,21)/t10-/m1/s1. The van der Waals surface area contributed by atoms with Gasteiger partial charge in [-0.25, -0.2) is 0 Å². The first-order valence-electron chi connectivity index (χ1n) is 7.55. The molecule has 2 heterocycles. The molecular weight excluding hydrogens is 332 g/mol. The van der Waals surface area contributed by atoms with Crippen LogP contribution in [0.4, 0.5) is 5.69 Å². The van der Waals surface area contributed by atoms with Crippen LogP contribution in [-0.2, 0) is 11.3 Å². The van der Waals surface area contributed by atoms with Gasteiger partial charge >= 0.3 is 0 Å². The second-order valence-electron chi connectivity index (χ2n) is 5.63. The summed E-state index contributed by atoms with van der Waals surface area (Å²) >= 11 is 6.05. The van der Waals surface area contributed by atoms with Crippen molar-refractivity contribution >= 4 is 29.1 Å². The van der Waals surface area contributed by atoms with E-state index in [1.54, 1.807) is 35.2 Å². The molecule has 0 saturated carbocycles. The molecule has 0 radical (unpaired) electrons. The van der Waals surface area contributed by atoms with E-state index >= 15 is 0 Å². The molecule has 1 aliphatic heterocycles. The maximum atomic E-state index is 12.8. The molecule has 1 atom stereocenters. The molecule has 126 valence electrons. The number of benzene rings is 1. The van der Waals surface area contributed by atoms with Gasteiger partial charge in [0.05, 0.1) is 18.8 Å². The van der Waals surface area contributed by atoms with Gasteiger partial charge in [0.15, 0.2) is 5.76 Å². The van der Waals surface area contributed by atoms with E-state index in [1.165, 1.54) is 6.92 Å². The maximum absolute atomic E-state index is 12.8. The Morgan fingerprint density at radius 2 is 2.12 bits per heavy atom. The summed E-state index contributed by atoms with van der Waals surface area (Å²) in [6.45, 7) is 3.95. The van der Waals surface area contributed by atoms with Crippen LogP contribution in [0.3, 0.4) is 0 Å². The minimum atomic E-state index is -0.275. The van der Waals surface area contributed by atoms with Crippen LogP contribution >= 0.6 is 11.6 Å². The molecule has 1 aromatic heterocycles. The monoisotopic (exact) mass is 348 g/mol. The predicted octanol–water partition coefficient (Wildman–Crippen LogP) is 3.00. The third-order valence-corrected chi connectivity index (χ3v) is 3.84. The molecule has 7 heteroatoms. The number of ether oxygens (including phenoxy) is 1. The van der Waals surface area contributed by atoms with Crippen molar-refractivity contribution in [3.05, 3.63) is 46.9 Å².